The normalized spacial score (nSPS) is 12.8. The fraction of sp³-hybridized carbons (Fsp3) is 0.273. The lowest BCUT2D eigenvalue weighted by Crippen LogP contribution is -2.53. The van der Waals surface area contributed by atoms with Gasteiger partial charge in [0.2, 0.25) is 17.7 Å². The van der Waals surface area contributed by atoms with E-state index in [1.807, 2.05) is 30.3 Å². The van der Waals surface area contributed by atoms with Gasteiger partial charge in [-0.2, -0.15) is 0 Å². The zero-order chi connectivity index (χ0) is 32.7. The summed E-state index contributed by atoms with van der Waals surface area (Å²) in [4.78, 5) is 50.3. The maximum atomic E-state index is 14.6. The van der Waals surface area contributed by atoms with Gasteiger partial charge < -0.3 is 25.0 Å². The third-order valence-corrected chi connectivity index (χ3v) is 9.21. The molecular formula is C33H36N3O7PS. The van der Waals surface area contributed by atoms with E-state index in [1.165, 1.54) is 13.8 Å². The van der Waals surface area contributed by atoms with Crippen molar-refractivity contribution in [2.75, 3.05) is 5.75 Å². The number of benzene rings is 3. The highest BCUT2D eigenvalue weighted by Crippen LogP contribution is 2.53. The number of hydrogen-bond acceptors (Lipinski definition) is 8. The molecule has 10 nitrogen and oxygen atoms in total. The quantitative estimate of drug-likeness (QED) is 0.150. The Hall–Kier alpha value is -4.52. The molecule has 3 aromatic rings. The van der Waals surface area contributed by atoms with Crippen LogP contribution in [0.2, 0.25) is 0 Å². The van der Waals surface area contributed by atoms with Crippen LogP contribution in [0.5, 0.6) is 11.5 Å². The molecule has 12 heteroatoms. The van der Waals surface area contributed by atoms with Gasteiger partial charge in [0.25, 0.3) is 0 Å². The van der Waals surface area contributed by atoms with Gasteiger partial charge in [-0.3, -0.25) is 19.2 Å². The lowest BCUT2D eigenvalue weighted by Gasteiger charge is -2.29. The van der Waals surface area contributed by atoms with E-state index in [0.29, 0.717) is 0 Å². The average molecular weight is 650 g/mol. The van der Waals surface area contributed by atoms with E-state index in [1.54, 1.807) is 60.7 Å². The minimum atomic E-state index is -4.17. The monoisotopic (exact) mass is 649 g/mol. The van der Waals surface area contributed by atoms with Crippen LogP contribution >= 0.6 is 19.4 Å². The number of hydrogen-bond donors (Lipinski definition) is 3. The molecule has 3 N–H and O–H groups in total. The Kier molecular flexibility index (Phi) is 13.7. The van der Waals surface area contributed by atoms with Crippen molar-refractivity contribution in [2.45, 2.75) is 51.0 Å². The van der Waals surface area contributed by atoms with Crippen LogP contribution < -0.4 is 25.0 Å². The van der Waals surface area contributed by atoms with E-state index in [0.717, 1.165) is 17.3 Å². The number of carbonyl (C=O) groups excluding carboxylic acids is 4. The summed E-state index contributed by atoms with van der Waals surface area (Å²) in [6.07, 6.45) is 5.68. The fourth-order valence-corrected chi connectivity index (χ4v) is 6.38. The smallest absolute Gasteiger partial charge is 0.415 e. The van der Waals surface area contributed by atoms with Gasteiger partial charge in [-0.15, -0.1) is 12.3 Å². The van der Waals surface area contributed by atoms with Crippen LogP contribution in [0.25, 0.3) is 0 Å². The average Bonchev–Trinajstić information content (AvgIpc) is 3.03. The number of amides is 3. The molecule has 0 fully saturated rings. The molecule has 1 unspecified atom stereocenters. The van der Waals surface area contributed by atoms with Crippen LogP contribution in [-0.2, 0) is 30.2 Å². The third kappa shape index (κ3) is 11.8. The topological polar surface area (TPSA) is 140 Å². The number of para-hydroxylation sites is 2. The molecule has 0 saturated carbocycles. The molecule has 3 rings (SSSR count). The first-order valence-corrected chi connectivity index (χ1v) is 16.8. The Labute approximate surface area is 267 Å². The summed E-state index contributed by atoms with van der Waals surface area (Å²) >= 11 is 0.815. The summed E-state index contributed by atoms with van der Waals surface area (Å²) < 4.78 is 26.6. The molecule has 236 valence electrons. The molecule has 0 aliphatic rings. The predicted molar refractivity (Wildman–Crippen MR) is 175 cm³/mol. The minimum absolute atomic E-state index is 0.0916. The zero-order valence-electron chi connectivity index (χ0n) is 25.0. The molecule has 0 aliphatic heterocycles. The van der Waals surface area contributed by atoms with E-state index in [4.69, 9.17) is 15.5 Å². The maximum Gasteiger partial charge on any atom is 0.453 e. The van der Waals surface area contributed by atoms with Gasteiger partial charge in [-0.05, 0) is 43.7 Å². The summed E-state index contributed by atoms with van der Waals surface area (Å²) in [5.41, 5.74) is 0.764. The van der Waals surface area contributed by atoms with Crippen molar-refractivity contribution in [3.63, 3.8) is 0 Å². The van der Waals surface area contributed by atoms with Gasteiger partial charge in [-0.1, -0.05) is 78.5 Å². The largest absolute Gasteiger partial charge is 0.453 e. The predicted octanol–water partition coefficient (Wildman–Crippen LogP) is 4.71. The van der Waals surface area contributed by atoms with Crippen LogP contribution in [0.15, 0.2) is 91.0 Å². The molecule has 45 heavy (non-hydrogen) atoms. The molecule has 0 spiro atoms. The van der Waals surface area contributed by atoms with Crippen molar-refractivity contribution >= 4 is 42.2 Å². The first-order chi connectivity index (χ1) is 21.6. The standard InChI is InChI=1S/C33H36N3O7PS/c1-4-5-21-31(38)45-23-29(37)34-24(2)32(39)35-25(3)33(40)36-30(22-26-15-9-6-10-16-26)44(41,42-27-17-11-7-12-18-27)43-28-19-13-8-14-20-28/h1,6-20,24-25,30H,5,21-23H2,2-3H3,(H,34,37)(H,35,39)(H,36,40)/t24-,25-,30?/m0/s1. The van der Waals surface area contributed by atoms with Gasteiger partial charge in [0.05, 0.1) is 5.75 Å². The highest BCUT2D eigenvalue weighted by Gasteiger charge is 2.41. The second-order valence-corrected chi connectivity index (χ2v) is 13.0. The van der Waals surface area contributed by atoms with Crippen LogP contribution in [-0.4, -0.2) is 46.5 Å². The van der Waals surface area contributed by atoms with Gasteiger partial charge in [0.15, 0.2) is 10.9 Å². The van der Waals surface area contributed by atoms with E-state index in [-0.39, 0.29) is 41.6 Å². The molecule has 3 atom stereocenters. The van der Waals surface area contributed by atoms with Crippen LogP contribution in [0.1, 0.15) is 32.3 Å². The van der Waals surface area contributed by atoms with E-state index < -0.39 is 43.2 Å². The molecule has 3 aromatic carbocycles. The second-order valence-electron chi connectivity index (χ2n) is 9.95. The lowest BCUT2D eigenvalue weighted by molar-refractivity contribution is -0.131. The molecule has 0 aliphatic carbocycles. The number of thioether (sulfide) groups is 1. The molecule has 3 amide bonds. The summed E-state index contributed by atoms with van der Waals surface area (Å²) in [7, 11) is -4.17. The van der Waals surface area contributed by atoms with Gasteiger partial charge in [-0.25, -0.2) is 4.57 Å². The summed E-state index contributed by atoms with van der Waals surface area (Å²) in [5, 5.41) is 7.62. The first-order valence-electron chi connectivity index (χ1n) is 14.2. The van der Waals surface area contributed by atoms with Crippen molar-refractivity contribution in [3.8, 4) is 23.8 Å². The highest BCUT2D eigenvalue weighted by atomic mass is 32.2. The molecule has 0 saturated heterocycles. The van der Waals surface area contributed by atoms with Gasteiger partial charge >= 0.3 is 7.60 Å². The summed E-state index contributed by atoms with van der Waals surface area (Å²) in [5.74, 6) is -0.192. The van der Waals surface area contributed by atoms with Crippen molar-refractivity contribution < 1.29 is 32.8 Å². The number of carbonyl (C=O) groups is 4. The highest BCUT2D eigenvalue weighted by molar-refractivity contribution is 8.14. The molecule has 0 radical (unpaired) electrons. The van der Waals surface area contributed by atoms with Crippen molar-refractivity contribution in [1.29, 1.82) is 0 Å². The SMILES string of the molecule is C#CCCC(=O)SCC(=O)N[C@@H](C)C(=O)N[C@@H](C)C(=O)NC(Cc1ccccc1)P(=O)(Oc1ccccc1)Oc1ccccc1. The summed E-state index contributed by atoms with van der Waals surface area (Å²) in [6.45, 7) is 2.92. The molecule has 0 bridgehead atoms. The van der Waals surface area contributed by atoms with Crippen LogP contribution in [0.4, 0.5) is 0 Å². The Balaban J connectivity index is 1.74. The Bertz CT molecular complexity index is 1470. The van der Waals surface area contributed by atoms with Crippen LogP contribution in [0.3, 0.4) is 0 Å². The number of nitrogens with one attached hydrogen (secondary N) is 3. The summed E-state index contributed by atoms with van der Waals surface area (Å²) in [6, 6.07) is 24.0. The molecule has 0 aromatic heterocycles. The maximum absolute atomic E-state index is 14.6. The molecule has 0 heterocycles. The first kappa shape index (κ1) is 35.0. The fourth-order valence-electron chi connectivity index (χ4n) is 3.92. The van der Waals surface area contributed by atoms with E-state index in [2.05, 4.69) is 21.9 Å². The van der Waals surface area contributed by atoms with E-state index >= 15 is 0 Å². The Morgan fingerprint density at radius 2 is 1.27 bits per heavy atom. The molecular weight excluding hydrogens is 613 g/mol. The Morgan fingerprint density at radius 3 is 1.80 bits per heavy atom. The van der Waals surface area contributed by atoms with Crippen LogP contribution in [0, 0.1) is 12.3 Å². The van der Waals surface area contributed by atoms with Crippen molar-refractivity contribution in [2.24, 2.45) is 0 Å². The zero-order valence-corrected chi connectivity index (χ0v) is 26.7. The second kappa shape index (κ2) is 17.7. The van der Waals surface area contributed by atoms with Crippen molar-refractivity contribution in [3.05, 3.63) is 96.6 Å². The Morgan fingerprint density at radius 1 is 0.778 bits per heavy atom. The van der Waals surface area contributed by atoms with E-state index in [9.17, 15) is 23.7 Å². The van der Waals surface area contributed by atoms with Gasteiger partial charge in [0, 0.05) is 19.3 Å². The number of terminal acetylenes is 1. The van der Waals surface area contributed by atoms with Crippen molar-refractivity contribution in [1.82, 2.24) is 16.0 Å². The van der Waals surface area contributed by atoms with Gasteiger partial charge in [0.1, 0.15) is 23.6 Å². The number of rotatable bonds is 16. The lowest BCUT2D eigenvalue weighted by atomic mass is 10.1. The minimum Gasteiger partial charge on any atom is -0.415 e. The third-order valence-electron chi connectivity index (χ3n) is 6.27.